The van der Waals surface area contributed by atoms with Gasteiger partial charge in [0.25, 0.3) is 7.59 Å². The maximum absolute atomic E-state index is 15.1. The molecule has 1 aliphatic heterocycles. The first kappa shape index (κ1) is 23.8. The molecule has 0 aromatic rings. The second-order valence-electron chi connectivity index (χ2n) is 12.3. The van der Waals surface area contributed by atoms with Crippen molar-refractivity contribution in [3.63, 3.8) is 0 Å². The summed E-state index contributed by atoms with van der Waals surface area (Å²) in [5.74, 6) is 5.21. The molecule has 8 atom stereocenters. The molecule has 5 fully saturated rings. The highest BCUT2D eigenvalue weighted by Gasteiger charge is 2.59. The van der Waals surface area contributed by atoms with Gasteiger partial charge in [-0.3, -0.25) is 4.57 Å². The summed E-state index contributed by atoms with van der Waals surface area (Å²) in [6.07, 6.45) is 19.2. The molecule has 1 saturated heterocycles. The summed E-state index contributed by atoms with van der Waals surface area (Å²) in [6.45, 7) is 3.21. The lowest BCUT2D eigenvalue weighted by Crippen LogP contribution is -2.54. The van der Waals surface area contributed by atoms with Crippen molar-refractivity contribution in [3.8, 4) is 0 Å². The lowest BCUT2D eigenvalue weighted by Gasteiger charge is -2.55. The monoisotopic (exact) mass is 463 g/mol. The molecule has 0 bridgehead atoms. The van der Waals surface area contributed by atoms with Crippen LogP contribution >= 0.6 is 7.59 Å². The highest BCUT2D eigenvalue weighted by Crippen LogP contribution is 2.66. The van der Waals surface area contributed by atoms with Crippen molar-refractivity contribution in [1.29, 1.82) is 0 Å². The Morgan fingerprint density at radius 1 is 0.750 bits per heavy atom. The standard InChI is InChI=1S/C27H50N3OP/c1-5-6-19-28(2)32(31)29(3)24-17-15-20-11-7-9-13-22(20)26(24)27-23-14-10-8-12-21(23)16-18-25(27)30(32)4/h20-27H,5-19H2,1-4H3. The van der Waals surface area contributed by atoms with Gasteiger partial charge in [0.1, 0.15) is 0 Å². The van der Waals surface area contributed by atoms with E-state index < -0.39 is 7.59 Å². The molecule has 5 heteroatoms. The van der Waals surface area contributed by atoms with Crippen LogP contribution in [0.5, 0.6) is 0 Å². The lowest BCUT2D eigenvalue weighted by molar-refractivity contribution is -0.0550. The number of fused-ring (bicyclic) bond motifs is 7. The normalized spacial score (nSPS) is 47.8. The van der Waals surface area contributed by atoms with Crippen molar-refractivity contribution in [1.82, 2.24) is 14.0 Å². The summed E-state index contributed by atoms with van der Waals surface area (Å²) in [4.78, 5) is 0. The van der Waals surface area contributed by atoms with Gasteiger partial charge >= 0.3 is 0 Å². The van der Waals surface area contributed by atoms with Gasteiger partial charge in [-0.2, -0.15) is 0 Å². The molecule has 8 unspecified atom stereocenters. The van der Waals surface area contributed by atoms with E-state index in [-0.39, 0.29) is 0 Å². The van der Waals surface area contributed by atoms with Crippen LogP contribution in [0.25, 0.3) is 0 Å². The zero-order valence-corrected chi connectivity index (χ0v) is 22.3. The number of hydrogen-bond donors (Lipinski definition) is 0. The number of unbranched alkanes of at least 4 members (excludes halogenated alkanes) is 1. The maximum Gasteiger partial charge on any atom is 0.286 e. The van der Waals surface area contributed by atoms with E-state index in [1.54, 1.807) is 0 Å². The minimum absolute atomic E-state index is 0.516. The summed E-state index contributed by atoms with van der Waals surface area (Å²) in [5.41, 5.74) is 0. The molecule has 0 spiro atoms. The third-order valence-corrected chi connectivity index (χ3v) is 14.3. The zero-order valence-electron chi connectivity index (χ0n) is 21.4. The number of nitrogens with zero attached hydrogens (tertiary/aromatic N) is 3. The van der Waals surface area contributed by atoms with E-state index in [4.69, 9.17) is 0 Å². The Kier molecular flexibility index (Phi) is 7.17. The molecule has 0 amide bonds. The summed E-state index contributed by atoms with van der Waals surface area (Å²) in [7, 11) is 3.95. The fraction of sp³-hybridized carbons (Fsp3) is 1.00. The molecule has 5 rings (SSSR count). The molecule has 4 aliphatic carbocycles. The van der Waals surface area contributed by atoms with Gasteiger partial charge in [-0.05, 0) is 102 Å². The van der Waals surface area contributed by atoms with E-state index in [9.17, 15) is 0 Å². The molecule has 5 aliphatic rings. The quantitative estimate of drug-likeness (QED) is 0.425. The Morgan fingerprint density at radius 3 is 1.69 bits per heavy atom. The molecule has 184 valence electrons. The average Bonchev–Trinajstić information content (AvgIpc) is 2.91. The van der Waals surface area contributed by atoms with E-state index in [1.807, 2.05) is 0 Å². The van der Waals surface area contributed by atoms with E-state index in [0.29, 0.717) is 12.1 Å². The molecule has 0 N–H and O–H groups in total. The first-order chi connectivity index (χ1) is 15.5. The van der Waals surface area contributed by atoms with Crippen LogP contribution in [0.2, 0.25) is 0 Å². The molecule has 0 radical (unpaired) electrons. The topological polar surface area (TPSA) is 26.8 Å². The van der Waals surface area contributed by atoms with Crippen LogP contribution in [-0.2, 0) is 4.57 Å². The molecule has 1 heterocycles. The Balaban J connectivity index is 1.58. The zero-order chi connectivity index (χ0) is 22.5. The van der Waals surface area contributed by atoms with E-state index in [2.05, 4.69) is 42.1 Å². The number of rotatable bonds is 4. The van der Waals surface area contributed by atoms with Crippen LogP contribution in [0, 0.1) is 35.5 Å². The molecule has 4 saturated carbocycles. The van der Waals surface area contributed by atoms with Crippen LogP contribution in [0.4, 0.5) is 0 Å². The maximum atomic E-state index is 15.1. The summed E-state index contributed by atoms with van der Waals surface area (Å²) >= 11 is 0. The highest BCUT2D eigenvalue weighted by atomic mass is 31.2. The minimum atomic E-state index is -2.73. The van der Waals surface area contributed by atoms with Gasteiger partial charge in [0.2, 0.25) is 0 Å². The van der Waals surface area contributed by atoms with Crippen molar-refractivity contribution in [2.45, 2.75) is 109 Å². The van der Waals surface area contributed by atoms with Crippen molar-refractivity contribution in [3.05, 3.63) is 0 Å². The molecular weight excluding hydrogens is 413 g/mol. The van der Waals surface area contributed by atoms with Gasteiger partial charge in [0, 0.05) is 18.6 Å². The second kappa shape index (κ2) is 9.63. The fourth-order valence-corrected chi connectivity index (χ4v) is 12.6. The second-order valence-corrected chi connectivity index (χ2v) is 15.2. The Bertz CT molecular complexity index is 652. The van der Waals surface area contributed by atoms with Gasteiger partial charge in [-0.1, -0.05) is 51.9 Å². The van der Waals surface area contributed by atoms with Gasteiger partial charge in [0.05, 0.1) is 0 Å². The Morgan fingerprint density at radius 2 is 1.22 bits per heavy atom. The summed E-state index contributed by atoms with van der Waals surface area (Å²) < 4.78 is 22.3. The predicted octanol–water partition coefficient (Wildman–Crippen LogP) is 6.87. The fourth-order valence-electron chi connectivity index (χ4n) is 9.49. The Hall–Kier alpha value is 0.110. The van der Waals surface area contributed by atoms with Gasteiger partial charge in [-0.25, -0.2) is 14.0 Å². The van der Waals surface area contributed by atoms with Gasteiger partial charge in [0.15, 0.2) is 0 Å². The molecule has 0 aromatic carbocycles. The first-order valence-electron chi connectivity index (χ1n) is 14.3. The van der Waals surface area contributed by atoms with Crippen LogP contribution in [0.3, 0.4) is 0 Å². The average molecular weight is 464 g/mol. The van der Waals surface area contributed by atoms with Crippen LogP contribution in [0.15, 0.2) is 0 Å². The molecule has 32 heavy (non-hydrogen) atoms. The number of hydrogen-bond acceptors (Lipinski definition) is 1. The highest BCUT2D eigenvalue weighted by molar-refractivity contribution is 7.56. The predicted molar refractivity (Wildman–Crippen MR) is 135 cm³/mol. The SMILES string of the molecule is CCCCN(C)P1(=O)N(C)C2CCC3CCCCC3C2C2C3CCCCC3CCC2N1C. The van der Waals surface area contributed by atoms with E-state index in [0.717, 1.165) is 48.5 Å². The Labute approximate surface area is 198 Å². The van der Waals surface area contributed by atoms with Crippen molar-refractivity contribution >= 4 is 7.59 Å². The van der Waals surface area contributed by atoms with Crippen molar-refractivity contribution in [2.24, 2.45) is 35.5 Å². The van der Waals surface area contributed by atoms with Gasteiger partial charge in [-0.15, -0.1) is 0 Å². The molecule has 4 nitrogen and oxygen atoms in total. The van der Waals surface area contributed by atoms with Crippen LogP contribution in [0.1, 0.15) is 96.8 Å². The van der Waals surface area contributed by atoms with Crippen molar-refractivity contribution < 1.29 is 4.57 Å². The molecule has 0 aromatic heterocycles. The smallest absolute Gasteiger partial charge is 0.270 e. The minimum Gasteiger partial charge on any atom is -0.270 e. The van der Waals surface area contributed by atoms with E-state index >= 15 is 4.57 Å². The summed E-state index contributed by atoms with van der Waals surface area (Å²) in [6, 6.07) is 1.03. The third-order valence-electron chi connectivity index (χ3n) is 11.0. The van der Waals surface area contributed by atoms with Crippen molar-refractivity contribution in [2.75, 3.05) is 27.7 Å². The summed E-state index contributed by atoms with van der Waals surface area (Å²) in [5, 5.41) is 0. The first-order valence-corrected chi connectivity index (χ1v) is 15.8. The lowest BCUT2D eigenvalue weighted by atomic mass is 9.52. The van der Waals surface area contributed by atoms with Crippen LogP contribution < -0.4 is 0 Å². The largest absolute Gasteiger partial charge is 0.286 e. The van der Waals surface area contributed by atoms with E-state index in [1.165, 1.54) is 83.5 Å². The third kappa shape index (κ3) is 3.78. The molecular formula is C27H50N3OP. The van der Waals surface area contributed by atoms with Gasteiger partial charge < -0.3 is 0 Å². The van der Waals surface area contributed by atoms with Crippen LogP contribution in [-0.4, -0.2) is 53.8 Å².